The van der Waals surface area contributed by atoms with Crippen molar-refractivity contribution in [2.45, 2.75) is 39.5 Å². The summed E-state index contributed by atoms with van der Waals surface area (Å²) in [5.41, 5.74) is 7.90. The predicted molar refractivity (Wildman–Crippen MR) is 93.0 cm³/mol. The zero-order valence-corrected chi connectivity index (χ0v) is 13.8. The molecule has 120 valence electrons. The highest BCUT2D eigenvalue weighted by molar-refractivity contribution is 6.07. The van der Waals surface area contributed by atoms with Gasteiger partial charge in [-0.05, 0) is 62.8 Å². The largest absolute Gasteiger partial charge is 0.361 e. The van der Waals surface area contributed by atoms with Gasteiger partial charge in [0.25, 0.3) is 0 Å². The fourth-order valence-corrected chi connectivity index (χ4v) is 4.07. The van der Waals surface area contributed by atoms with Crippen LogP contribution in [0.25, 0.3) is 33.1 Å². The molecule has 0 fully saturated rings. The van der Waals surface area contributed by atoms with Crippen LogP contribution in [0.15, 0.2) is 22.9 Å². The van der Waals surface area contributed by atoms with Gasteiger partial charge in [-0.2, -0.15) is 5.10 Å². The summed E-state index contributed by atoms with van der Waals surface area (Å²) in [7, 11) is 0. The van der Waals surface area contributed by atoms with Crippen LogP contribution in [0, 0.1) is 13.8 Å². The van der Waals surface area contributed by atoms with E-state index in [1.54, 1.807) is 0 Å². The molecule has 1 aliphatic carbocycles. The molecule has 3 aromatic heterocycles. The lowest BCUT2D eigenvalue weighted by Gasteiger charge is -2.21. The molecule has 5 nitrogen and oxygen atoms in total. The van der Waals surface area contributed by atoms with Crippen LogP contribution in [-0.2, 0) is 12.8 Å². The standard InChI is InChI=1S/C19H18N4O/c1-10-17(11(2)24-23-10)19-13-6-4-3-5-12(13)18-14-9-20-22-15(14)7-8-16(18)21-19/h7-9H,3-6H2,1-2H3,(H,20,22). The Bertz CT molecular complexity index is 1070. The van der Waals surface area contributed by atoms with Gasteiger partial charge >= 0.3 is 0 Å². The zero-order valence-electron chi connectivity index (χ0n) is 13.8. The van der Waals surface area contributed by atoms with E-state index in [1.807, 2.05) is 20.0 Å². The lowest BCUT2D eigenvalue weighted by atomic mass is 9.85. The first-order chi connectivity index (χ1) is 11.7. The summed E-state index contributed by atoms with van der Waals surface area (Å²) in [5.74, 6) is 0.844. The van der Waals surface area contributed by atoms with E-state index < -0.39 is 0 Å². The van der Waals surface area contributed by atoms with E-state index in [2.05, 4.69) is 27.5 Å². The number of fused-ring (bicyclic) bond motifs is 5. The summed E-state index contributed by atoms with van der Waals surface area (Å²) in [4.78, 5) is 5.04. The molecular weight excluding hydrogens is 300 g/mol. The fourth-order valence-electron chi connectivity index (χ4n) is 4.07. The highest BCUT2D eigenvalue weighted by Gasteiger charge is 2.24. The molecule has 0 bridgehead atoms. The Hall–Kier alpha value is -2.69. The molecule has 0 spiro atoms. The second kappa shape index (κ2) is 4.90. The molecule has 1 aromatic carbocycles. The third-order valence-corrected chi connectivity index (χ3v) is 5.16. The lowest BCUT2D eigenvalue weighted by molar-refractivity contribution is 0.393. The highest BCUT2D eigenvalue weighted by atomic mass is 16.5. The van der Waals surface area contributed by atoms with Gasteiger partial charge in [-0.1, -0.05) is 5.16 Å². The molecule has 0 saturated heterocycles. The molecule has 3 heterocycles. The van der Waals surface area contributed by atoms with Crippen molar-refractivity contribution < 1.29 is 4.52 Å². The quantitative estimate of drug-likeness (QED) is 0.569. The molecule has 0 radical (unpaired) electrons. The van der Waals surface area contributed by atoms with E-state index in [0.717, 1.165) is 46.6 Å². The number of rotatable bonds is 1. The number of nitrogens with zero attached hydrogens (tertiary/aromatic N) is 3. The Balaban J connectivity index is 1.94. The molecule has 4 aromatic rings. The monoisotopic (exact) mass is 318 g/mol. The Morgan fingerprint density at radius 3 is 2.71 bits per heavy atom. The topological polar surface area (TPSA) is 67.6 Å². The molecule has 1 aliphatic rings. The normalized spacial score (nSPS) is 14.4. The first-order valence-corrected chi connectivity index (χ1v) is 8.45. The van der Waals surface area contributed by atoms with Crippen molar-refractivity contribution in [2.24, 2.45) is 0 Å². The third kappa shape index (κ3) is 1.78. The van der Waals surface area contributed by atoms with E-state index in [9.17, 15) is 0 Å². The Kier molecular flexibility index (Phi) is 2.80. The number of hydrogen-bond donors (Lipinski definition) is 1. The van der Waals surface area contributed by atoms with Crippen molar-refractivity contribution >= 4 is 21.8 Å². The summed E-state index contributed by atoms with van der Waals surface area (Å²) in [6, 6.07) is 4.15. The molecule has 5 rings (SSSR count). The fraction of sp³-hybridized carbons (Fsp3) is 0.316. The van der Waals surface area contributed by atoms with Crippen molar-refractivity contribution in [3.05, 3.63) is 40.9 Å². The molecule has 24 heavy (non-hydrogen) atoms. The summed E-state index contributed by atoms with van der Waals surface area (Å²) < 4.78 is 5.41. The second-order valence-electron chi connectivity index (χ2n) is 6.61. The number of hydrogen-bond acceptors (Lipinski definition) is 4. The van der Waals surface area contributed by atoms with Crippen molar-refractivity contribution in [3.8, 4) is 11.3 Å². The lowest BCUT2D eigenvalue weighted by Crippen LogP contribution is -2.08. The van der Waals surface area contributed by atoms with Gasteiger partial charge in [0.2, 0.25) is 0 Å². The minimum absolute atomic E-state index is 0.844. The second-order valence-corrected chi connectivity index (χ2v) is 6.61. The number of aryl methyl sites for hydroxylation is 3. The van der Waals surface area contributed by atoms with Gasteiger partial charge in [0.15, 0.2) is 0 Å². The molecule has 0 amide bonds. The van der Waals surface area contributed by atoms with Crippen molar-refractivity contribution in [1.29, 1.82) is 0 Å². The van der Waals surface area contributed by atoms with Gasteiger partial charge in [-0.15, -0.1) is 0 Å². The van der Waals surface area contributed by atoms with Crippen LogP contribution in [0.2, 0.25) is 0 Å². The molecule has 0 atom stereocenters. The van der Waals surface area contributed by atoms with Gasteiger partial charge in [-0.25, -0.2) is 4.98 Å². The van der Waals surface area contributed by atoms with Gasteiger partial charge < -0.3 is 4.52 Å². The van der Waals surface area contributed by atoms with Crippen molar-refractivity contribution in [1.82, 2.24) is 20.3 Å². The average molecular weight is 318 g/mol. The van der Waals surface area contributed by atoms with Crippen LogP contribution < -0.4 is 0 Å². The number of H-pyrrole nitrogens is 1. The van der Waals surface area contributed by atoms with Crippen LogP contribution in [0.1, 0.15) is 35.4 Å². The number of aromatic amines is 1. The predicted octanol–water partition coefficient (Wildman–Crippen LogP) is 4.26. The highest BCUT2D eigenvalue weighted by Crippen LogP contribution is 2.39. The first kappa shape index (κ1) is 13.7. The molecule has 1 N–H and O–H groups in total. The third-order valence-electron chi connectivity index (χ3n) is 5.16. The summed E-state index contributed by atoms with van der Waals surface area (Å²) in [6.45, 7) is 3.96. The van der Waals surface area contributed by atoms with Crippen LogP contribution in [-0.4, -0.2) is 20.3 Å². The first-order valence-electron chi connectivity index (χ1n) is 8.45. The number of aromatic nitrogens is 4. The van der Waals surface area contributed by atoms with Crippen molar-refractivity contribution in [3.63, 3.8) is 0 Å². The van der Waals surface area contributed by atoms with E-state index in [-0.39, 0.29) is 0 Å². The molecule has 0 aliphatic heterocycles. The Labute approximate surface area is 139 Å². The minimum Gasteiger partial charge on any atom is -0.361 e. The number of pyridine rings is 1. The smallest absolute Gasteiger partial charge is 0.143 e. The van der Waals surface area contributed by atoms with Gasteiger partial charge in [0.1, 0.15) is 5.76 Å². The van der Waals surface area contributed by atoms with E-state index in [0.29, 0.717) is 0 Å². The maximum atomic E-state index is 5.41. The van der Waals surface area contributed by atoms with E-state index in [1.165, 1.54) is 34.7 Å². The van der Waals surface area contributed by atoms with E-state index >= 15 is 0 Å². The number of nitrogens with one attached hydrogen (secondary N) is 1. The molecular formula is C19H18N4O. The molecule has 0 unspecified atom stereocenters. The molecule has 5 heteroatoms. The van der Waals surface area contributed by atoms with Crippen LogP contribution >= 0.6 is 0 Å². The van der Waals surface area contributed by atoms with Crippen molar-refractivity contribution in [2.75, 3.05) is 0 Å². The van der Waals surface area contributed by atoms with Gasteiger partial charge in [0, 0.05) is 10.8 Å². The Morgan fingerprint density at radius 1 is 1.08 bits per heavy atom. The number of benzene rings is 1. The maximum Gasteiger partial charge on any atom is 0.143 e. The maximum absolute atomic E-state index is 5.41. The SMILES string of the molecule is Cc1noc(C)c1-c1nc2ccc3[nH]ncc3c2c2c1CCCC2. The molecule has 0 saturated carbocycles. The Morgan fingerprint density at radius 2 is 1.92 bits per heavy atom. The average Bonchev–Trinajstić information content (AvgIpc) is 3.20. The zero-order chi connectivity index (χ0) is 16.3. The summed E-state index contributed by atoms with van der Waals surface area (Å²) >= 11 is 0. The van der Waals surface area contributed by atoms with Crippen LogP contribution in [0.4, 0.5) is 0 Å². The summed E-state index contributed by atoms with van der Waals surface area (Å²) in [5, 5.41) is 13.9. The van der Waals surface area contributed by atoms with Crippen LogP contribution in [0.5, 0.6) is 0 Å². The van der Waals surface area contributed by atoms with Gasteiger partial charge in [-0.3, -0.25) is 5.10 Å². The van der Waals surface area contributed by atoms with Gasteiger partial charge in [0.05, 0.1) is 34.2 Å². The minimum atomic E-state index is 0.844. The summed E-state index contributed by atoms with van der Waals surface area (Å²) in [6.07, 6.45) is 6.50. The van der Waals surface area contributed by atoms with Crippen LogP contribution in [0.3, 0.4) is 0 Å². The van der Waals surface area contributed by atoms with E-state index in [4.69, 9.17) is 9.51 Å².